The fourth-order valence-corrected chi connectivity index (χ4v) is 1.09. The van der Waals surface area contributed by atoms with Crippen LogP contribution in [0.5, 0.6) is 0 Å². The summed E-state index contributed by atoms with van der Waals surface area (Å²) in [6.07, 6.45) is 1.02. The first kappa shape index (κ1) is 8.59. The second-order valence-corrected chi connectivity index (χ2v) is 2.69. The first-order valence-electron chi connectivity index (χ1n) is 3.02. The summed E-state index contributed by atoms with van der Waals surface area (Å²) in [6, 6.07) is 0. The zero-order chi connectivity index (χ0) is 8.43. The lowest BCUT2D eigenvalue weighted by atomic mass is 10.2. The molecule has 1 heterocycles. The number of rotatable bonds is 1. The van der Waals surface area contributed by atoms with E-state index in [1.165, 1.54) is 6.92 Å². The molecule has 1 rings (SSSR count). The van der Waals surface area contributed by atoms with E-state index in [0.717, 1.165) is 6.20 Å². The normalized spacial score (nSPS) is 10.2. The second kappa shape index (κ2) is 3.26. The number of hydrogen-bond acceptors (Lipinski definition) is 1. The van der Waals surface area contributed by atoms with Gasteiger partial charge in [-0.1, -0.05) is 15.9 Å². The third-order valence-electron chi connectivity index (χ3n) is 1.40. The van der Waals surface area contributed by atoms with Crippen LogP contribution in [0.1, 0.15) is 11.3 Å². The van der Waals surface area contributed by atoms with E-state index < -0.39 is 11.6 Å². The molecule has 0 aliphatic carbocycles. The third kappa shape index (κ3) is 1.56. The fourth-order valence-electron chi connectivity index (χ4n) is 0.703. The summed E-state index contributed by atoms with van der Waals surface area (Å²) in [6.45, 7) is 1.39. The van der Waals surface area contributed by atoms with Gasteiger partial charge in [0, 0.05) is 10.9 Å². The minimum Gasteiger partial charge on any atom is -0.254 e. The molecule has 0 aromatic carbocycles. The molecule has 1 nitrogen and oxygen atoms in total. The minimum absolute atomic E-state index is 0.0226. The van der Waals surface area contributed by atoms with E-state index in [9.17, 15) is 8.78 Å². The van der Waals surface area contributed by atoms with Crippen LogP contribution in [0.4, 0.5) is 8.78 Å². The van der Waals surface area contributed by atoms with Gasteiger partial charge in [-0.2, -0.15) is 0 Å². The highest BCUT2D eigenvalue weighted by atomic mass is 79.9. The Kier molecular flexibility index (Phi) is 2.54. The maximum Gasteiger partial charge on any atom is 0.151 e. The Morgan fingerprint density at radius 3 is 2.73 bits per heavy atom. The molecule has 0 bridgehead atoms. The van der Waals surface area contributed by atoms with Crippen molar-refractivity contribution in [3.05, 3.63) is 29.1 Å². The molecule has 0 radical (unpaired) electrons. The number of alkyl halides is 1. The molecule has 0 spiro atoms. The quantitative estimate of drug-likeness (QED) is 0.665. The number of hydrogen-bond donors (Lipinski definition) is 0. The molecule has 4 heteroatoms. The first-order chi connectivity index (χ1) is 5.16. The topological polar surface area (TPSA) is 12.9 Å². The van der Waals surface area contributed by atoms with E-state index in [1.54, 1.807) is 0 Å². The van der Waals surface area contributed by atoms with E-state index >= 15 is 0 Å². The van der Waals surface area contributed by atoms with E-state index in [4.69, 9.17) is 0 Å². The molecule has 0 N–H and O–H groups in total. The van der Waals surface area contributed by atoms with Crippen molar-refractivity contribution >= 4 is 15.9 Å². The van der Waals surface area contributed by atoms with Crippen LogP contribution in [0, 0.1) is 18.6 Å². The van der Waals surface area contributed by atoms with Crippen LogP contribution in [-0.2, 0) is 5.33 Å². The molecule has 0 unspecified atom stereocenters. The molecule has 0 amide bonds. The Hall–Kier alpha value is -0.510. The summed E-state index contributed by atoms with van der Waals surface area (Å²) in [5.74, 6) is -1.17. The monoisotopic (exact) mass is 221 g/mol. The SMILES string of the molecule is Cc1c(F)cnc(CBr)c1F. The van der Waals surface area contributed by atoms with Crippen molar-refractivity contribution in [2.45, 2.75) is 12.3 Å². The Labute approximate surface area is 71.6 Å². The molecule has 0 atom stereocenters. The van der Waals surface area contributed by atoms with Crippen LogP contribution in [0.15, 0.2) is 6.20 Å². The smallest absolute Gasteiger partial charge is 0.151 e. The molecule has 1 aromatic heterocycles. The third-order valence-corrected chi connectivity index (χ3v) is 1.93. The van der Waals surface area contributed by atoms with Gasteiger partial charge >= 0.3 is 0 Å². The maximum atomic E-state index is 12.9. The van der Waals surface area contributed by atoms with Crippen molar-refractivity contribution in [1.29, 1.82) is 0 Å². The van der Waals surface area contributed by atoms with Gasteiger partial charge in [-0.15, -0.1) is 0 Å². The van der Waals surface area contributed by atoms with Gasteiger partial charge < -0.3 is 0 Å². The van der Waals surface area contributed by atoms with Gasteiger partial charge in [-0.05, 0) is 6.92 Å². The van der Waals surface area contributed by atoms with E-state index in [-0.39, 0.29) is 11.3 Å². The molecule has 11 heavy (non-hydrogen) atoms. The van der Waals surface area contributed by atoms with Crippen LogP contribution < -0.4 is 0 Å². The van der Waals surface area contributed by atoms with Crippen molar-refractivity contribution in [2.75, 3.05) is 0 Å². The molecule has 0 saturated heterocycles. The average Bonchev–Trinajstić information content (AvgIpc) is 2.01. The van der Waals surface area contributed by atoms with Gasteiger partial charge in [-0.25, -0.2) is 8.78 Å². The second-order valence-electron chi connectivity index (χ2n) is 2.13. The zero-order valence-electron chi connectivity index (χ0n) is 5.87. The van der Waals surface area contributed by atoms with Crippen LogP contribution in [-0.4, -0.2) is 4.98 Å². The number of aromatic nitrogens is 1. The van der Waals surface area contributed by atoms with E-state index in [2.05, 4.69) is 20.9 Å². The maximum absolute atomic E-state index is 12.9. The number of pyridine rings is 1. The molecule has 60 valence electrons. The zero-order valence-corrected chi connectivity index (χ0v) is 7.45. The highest BCUT2D eigenvalue weighted by Gasteiger charge is 2.09. The highest BCUT2D eigenvalue weighted by Crippen LogP contribution is 2.14. The molecule has 0 aliphatic heterocycles. The lowest BCUT2D eigenvalue weighted by molar-refractivity contribution is 0.549. The number of halogens is 3. The van der Waals surface area contributed by atoms with Crippen LogP contribution in [0.3, 0.4) is 0 Å². The van der Waals surface area contributed by atoms with Gasteiger partial charge in [-0.3, -0.25) is 4.98 Å². The van der Waals surface area contributed by atoms with Crippen molar-refractivity contribution < 1.29 is 8.78 Å². The average molecular weight is 222 g/mol. The predicted molar refractivity (Wildman–Crippen MR) is 41.5 cm³/mol. The Morgan fingerprint density at radius 2 is 2.18 bits per heavy atom. The molecular weight excluding hydrogens is 216 g/mol. The molecule has 0 fully saturated rings. The molecule has 0 aliphatic rings. The summed E-state index contributed by atoms with van der Waals surface area (Å²) >= 11 is 3.04. The lowest BCUT2D eigenvalue weighted by Crippen LogP contribution is -1.97. The fraction of sp³-hybridized carbons (Fsp3) is 0.286. The largest absolute Gasteiger partial charge is 0.254 e. The summed E-state index contributed by atoms with van der Waals surface area (Å²) in [4.78, 5) is 3.56. The van der Waals surface area contributed by atoms with Crippen molar-refractivity contribution in [3.8, 4) is 0 Å². The first-order valence-corrected chi connectivity index (χ1v) is 4.14. The van der Waals surface area contributed by atoms with Crippen molar-refractivity contribution in [1.82, 2.24) is 4.98 Å². The van der Waals surface area contributed by atoms with Crippen LogP contribution in [0.25, 0.3) is 0 Å². The summed E-state index contributed by atoms with van der Waals surface area (Å²) in [5.41, 5.74) is 0.262. The summed E-state index contributed by atoms with van der Waals surface area (Å²) in [5, 5.41) is 0.306. The number of nitrogens with zero attached hydrogens (tertiary/aromatic N) is 1. The standard InChI is InChI=1S/C7H6BrF2N/c1-4-5(9)3-11-6(2-8)7(4)10/h3H,2H2,1H3. The van der Waals surface area contributed by atoms with Crippen LogP contribution in [0.2, 0.25) is 0 Å². The molecule has 1 aromatic rings. The van der Waals surface area contributed by atoms with Gasteiger partial charge in [0.2, 0.25) is 0 Å². The summed E-state index contributed by atoms with van der Waals surface area (Å²) in [7, 11) is 0. The van der Waals surface area contributed by atoms with Gasteiger partial charge in [0.25, 0.3) is 0 Å². The Morgan fingerprint density at radius 1 is 1.55 bits per heavy atom. The Balaban J connectivity index is 3.25. The summed E-state index contributed by atoms with van der Waals surface area (Å²) < 4.78 is 25.5. The minimum atomic E-state index is -0.604. The van der Waals surface area contributed by atoms with E-state index in [0.29, 0.717) is 5.33 Å². The molecular formula is C7H6BrF2N. The van der Waals surface area contributed by atoms with Gasteiger partial charge in [0.1, 0.15) is 5.82 Å². The lowest BCUT2D eigenvalue weighted by Gasteiger charge is -2.00. The van der Waals surface area contributed by atoms with Crippen molar-refractivity contribution in [3.63, 3.8) is 0 Å². The predicted octanol–water partition coefficient (Wildman–Crippen LogP) is 2.56. The Bertz CT molecular complexity index is 275. The van der Waals surface area contributed by atoms with Crippen LogP contribution >= 0.6 is 15.9 Å². The van der Waals surface area contributed by atoms with Gasteiger partial charge in [0.05, 0.1) is 11.9 Å². The van der Waals surface area contributed by atoms with Crippen molar-refractivity contribution in [2.24, 2.45) is 0 Å². The highest BCUT2D eigenvalue weighted by molar-refractivity contribution is 9.08. The van der Waals surface area contributed by atoms with E-state index in [1.807, 2.05) is 0 Å². The van der Waals surface area contributed by atoms with Gasteiger partial charge in [0.15, 0.2) is 5.82 Å². The molecule has 0 saturated carbocycles.